The number of carbonyl (C=O) groups excluding carboxylic acids is 1. The van der Waals surface area contributed by atoms with Crippen molar-refractivity contribution in [3.8, 4) is 0 Å². The van der Waals surface area contributed by atoms with Crippen LogP contribution >= 0.6 is 0 Å². The zero-order valence-electron chi connectivity index (χ0n) is 18.9. The third-order valence-corrected chi connectivity index (χ3v) is 7.00. The molecule has 0 radical (unpaired) electrons. The average molecular weight is 463 g/mol. The van der Waals surface area contributed by atoms with E-state index in [9.17, 15) is 14.7 Å². The van der Waals surface area contributed by atoms with Gasteiger partial charge in [-0.25, -0.2) is 19.7 Å². The summed E-state index contributed by atoms with van der Waals surface area (Å²) in [5, 5.41) is 12.8. The van der Waals surface area contributed by atoms with Crippen molar-refractivity contribution in [1.82, 2.24) is 34.4 Å². The second kappa shape index (κ2) is 7.66. The fraction of sp³-hybridized carbons (Fsp3) is 0.435. The van der Waals surface area contributed by atoms with Crippen molar-refractivity contribution in [1.29, 1.82) is 0 Å². The van der Waals surface area contributed by atoms with Gasteiger partial charge in [0.25, 0.3) is 5.91 Å². The molecule has 176 valence electrons. The summed E-state index contributed by atoms with van der Waals surface area (Å²) in [6, 6.07) is 7.84. The van der Waals surface area contributed by atoms with Crippen molar-refractivity contribution < 1.29 is 9.90 Å². The Bertz CT molecular complexity index is 1460. The minimum Gasteiger partial charge on any atom is -0.388 e. The van der Waals surface area contributed by atoms with Crippen LogP contribution in [0.15, 0.2) is 35.4 Å². The lowest BCUT2D eigenvalue weighted by atomic mass is 10.0. The van der Waals surface area contributed by atoms with E-state index in [2.05, 4.69) is 30.2 Å². The third kappa shape index (κ3) is 3.43. The normalized spacial score (nSPS) is 18.0. The molecule has 1 amide bonds. The van der Waals surface area contributed by atoms with E-state index >= 15 is 0 Å². The Labute approximate surface area is 194 Å². The Morgan fingerprint density at radius 3 is 2.76 bits per heavy atom. The van der Waals surface area contributed by atoms with Gasteiger partial charge in [-0.3, -0.25) is 9.36 Å². The van der Waals surface area contributed by atoms with Crippen LogP contribution in [-0.2, 0) is 7.05 Å². The zero-order chi connectivity index (χ0) is 23.4. The number of nitrogens with one attached hydrogen (secondary N) is 2. The molecule has 2 aliphatic rings. The fourth-order valence-corrected chi connectivity index (χ4v) is 4.84. The van der Waals surface area contributed by atoms with Crippen LogP contribution in [0, 0.1) is 0 Å². The van der Waals surface area contributed by atoms with Gasteiger partial charge in [-0.05, 0) is 37.8 Å². The van der Waals surface area contributed by atoms with Crippen LogP contribution in [0.25, 0.3) is 22.2 Å². The predicted molar refractivity (Wildman–Crippen MR) is 126 cm³/mol. The summed E-state index contributed by atoms with van der Waals surface area (Å²) in [6.07, 6.45) is 4.46. The van der Waals surface area contributed by atoms with E-state index in [1.807, 2.05) is 28.8 Å². The topological polar surface area (TPSA) is 134 Å². The second-order valence-electron chi connectivity index (χ2n) is 9.31. The number of rotatable bonds is 5. The lowest BCUT2D eigenvalue weighted by molar-refractivity contribution is 0.0883. The van der Waals surface area contributed by atoms with Crippen LogP contribution in [0.5, 0.6) is 0 Å². The fourth-order valence-electron chi connectivity index (χ4n) is 4.84. The summed E-state index contributed by atoms with van der Waals surface area (Å²) in [5.74, 6) is 0.579. The number of aliphatic hydroxyl groups is 1. The van der Waals surface area contributed by atoms with Gasteiger partial charge in [0.2, 0.25) is 5.82 Å². The molecule has 11 heteroatoms. The van der Waals surface area contributed by atoms with E-state index in [-0.39, 0.29) is 30.0 Å². The molecule has 0 bridgehead atoms. The number of hydrogen-bond donors (Lipinski definition) is 3. The molecule has 1 saturated heterocycles. The number of piperidine rings is 1. The number of para-hydroxylation sites is 2. The van der Waals surface area contributed by atoms with E-state index in [1.54, 1.807) is 11.6 Å². The molecule has 3 aromatic heterocycles. The molecule has 4 aromatic rings. The number of imidazole rings is 2. The summed E-state index contributed by atoms with van der Waals surface area (Å²) in [7, 11) is 1.75. The summed E-state index contributed by atoms with van der Waals surface area (Å²) in [4.78, 5) is 43.8. The number of aryl methyl sites for hydroxylation is 1. The van der Waals surface area contributed by atoms with E-state index < -0.39 is 5.60 Å². The number of nitrogens with zero attached hydrogens (tertiary/aromatic N) is 6. The van der Waals surface area contributed by atoms with Crippen LogP contribution < -0.4 is 15.9 Å². The molecule has 11 nitrogen and oxygen atoms in total. The minimum atomic E-state index is -0.775. The van der Waals surface area contributed by atoms with Gasteiger partial charge in [0.15, 0.2) is 17.0 Å². The van der Waals surface area contributed by atoms with Crippen molar-refractivity contribution in [3.63, 3.8) is 0 Å². The summed E-state index contributed by atoms with van der Waals surface area (Å²) < 4.78 is 3.52. The number of carbonyl (C=O) groups is 1. The highest BCUT2D eigenvalue weighted by molar-refractivity contribution is 5.96. The van der Waals surface area contributed by atoms with Crippen molar-refractivity contribution in [2.75, 3.05) is 24.5 Å². The lowest BCUT2D eigenvalue weighted by Gasteiger charge is -2.33. The number of anilines is 1. The molecule has 34 heavy (non-hydrogen) atoms. The molecule has 1 aliphatic carbocycles. The Kier molecular flexibility index (Phi) is 4.70. The minimum absolute atomic E-state index is 0.0830. The second-order valence-corrected chi connectivity index (χ2v) is 9.31. The number of H-pyrrole nitrogens is 1. The number of amides is 1. The van der Waals surface area contributed by atoms with Gasteiger partial charge in [-0.1, -0.05) is 12.1 Å². The molecule has 0 unspecified atom stereocenters. The van der Waals surface area contributed by atoms with Gasteiger partial charge in [-0.15, -0.1) is 0 Å². The molecular weight excluding hydrogens is 436 g/mol. The van der Waals surface area contributed by atoms with Crippen molar-refractivity contribution in [3.05, 3.63) is 46.9 Å². The quantitative estimate of drug-likeness (QED) is 0.404. The van der Waals surface area contributed by atoms with Crippen LogP contribution in [-0.4, -0.2) is 65.3 Å². The monoisotopic (exact) mass is 462 g/mol. The van der Waals surface area contributed by atoms with Crippen molar-refractivity contribution in [2.24, 2.45) is 7.05 Å². The Morgan fingerprint density at radius 2 is 2.00 bits per heavy atom. The van der Waals surface area contributed by atoms with Crippen molar-refractivity contribution >= 4 is 33.9 Å². The van der Waals surface area contributed by atoms with Gasteiger partial charge in [0.05, 0.1) is 16.6 Å². The molecule has 4 heterocycles. The molecular formula is C23H26N8O3. The summed E-state index contributed by atoms with van der Waals surface area (Å²) in [6.45, 7) is 1.62. The number of aromatic amines is 1. The number of hydrogen-bond acceptors (Lipinski definition) is 7. The van der Waals surface area contributed by atoms with E-state index in [4.69, 9.17) is 0 Å². The molecule has 1 aliphatic heterocycles. The molecule has 0 atom stereocenters. The van der Waals surface area contributed by atoms with Crippen LogP contribution in [0.4, 0.5) is 5.82 Å². The Hall–Kier alpha value is -3.73. The van der Waals surface area contributed by atoms with Gasteiger partial charge < -0.3 is 24.9 Å². The average Bonchev–Trinajstić information content (AvgIpc) is 3.35. The van der Waals surface area contributed by atoms with Gasteiger partial charge in [0, 0.05) is 32.7 Å². The molecule has 0 spiro atoms. The Balaban J connectivity index is 1.24. The predicted octanol–water partition coefficient (Wildman–Crippen LogP) is 1.10. The van der Waals surface area contributed by atoms with Crippen LogP contribution in [0.3, 0.4) is 0 Å². The Morgan fingerprint density at radius 1 is 1.24 bits per heavy atom. The highest BCUT2D eigenvalue weighted by atomic mass is 16.3. The summed E-state index contributed by atoms with van der Waals surface area (Å²) >= 11 is 0. The first-order valence-electron chi connectivity index (χ1n) is 11.6. The SMILES string of the molecule is Cn1c(C(=O)NCC2(O)CC2)nc2c(N3CCC(n4c(=O)[nH]c5ccccc54)CC3)ncnc21. The van der Waals surface area contributed by atoms with E-state index in [0.29, 0.717) is 42.9 Å². The first-order valence-corrected chi connectivity index (χ1v) is 11.6. The van der Waals surface area contributed by atoms with Gasteiger partial charge in [-0.2, -0.15) is 0 Å². The zero-order valence-corrected chi connectivity index (χ0v) is 18.9. The van der Waals surface area contributed by atoms with Crippen LogP contribution in [0.1, 0.15) is 42.3 Å². The standard InChI is InChI=1S/C23H26N8O3/c1-29-18-17(28-20(29)21(32)24-12-23(34)8-9-23)19(26-13-25-18)30-10-6-14(7-11-30)31-16-5-3-2-4-15(16)27-22(31)33/h2-5,13-14,34H,6-12H2,1H3,(H,24,32)(H,27,33). The molecule has 6 rings (SSSR count). The first-order chi connectivity index (χ1) is 16.4. The van der Waals surface area contributed by atoms with E-state index in [1.165, 1.54) is 6.33 Å². The largest absolute Gasteiger partial charge is 0.388 e. The highest BCUT2D eigenvalue weighted by Gasteiger charge is 2.40. The third-order valence-electron chi connectivity index (χ3n) is 7.00. The molecule has 1 aromatic carbocycles. The maximum Gasteiger partial charge on any atom is 0.326 e. The van der Waals surface area contributed by atoms with E-state index in [0.717, 1.165) is 23.9 Å². The van der Waals surface area contributed by atoms with Gasteiger partial charge >= 0.3 is 5.69 Å². The molecule has 3 N–H and O–H groups in total. The van der Waals surface area contributed by atoms with Crippen molar-refractivity contribution in [2.45, 2.75) is 37.3 Å². The van der Waals surface area contributed by atoms with Gasteiger partial charge in [0.1, 0.15) is 6.33 Å². The maximum atomic E-state index is 12.7. The number of aromatic nitrogens is 6. The number of fused-ring (bicyclic) bond motifs is 2. The molecule has 1 saturated carbocycles. The number of benzene rings is 1. The summed E-state index contributed by atoms with van der Waals surface area (Å²) in [5.41, 5.74) is 2.06. The lowest BCUT2D eigenvalue weighted by Crippen LogP contribution is -2.37. The molecule has 2 fully saturated rings. The highest BCUT2D eigenvalue weighted by Crippen LogP contribution is 2.34. The van der Waals surface area contributed by atoms with Crippen LogP contribution in [0.2, 0.25) is 0 Å². The smallest absolute Gasteiger partial charge is 0.326 e. The first kappa shape index (κ1) is 20.8. The maximum absolute atomic E-state index is 12.7.